The first kappa shape index (κ1) is 19.9. The van der Waals surface area contributed by atoms with Gasteiger partial charge in [-0.3, -0.25) is 9.59 Å². The molecule has 0 aromatic carbocycles. The molecule has 1 amide bonds. The van der Waals surface area contributed by atoms with Gasteiger partial charge in [0.05, 0.1) is 6.20 Å². The highest BCUT2D eigenvalue weighted by Gasteiger charge is 2.29. The summed E-state index contributed by atoms with van der Waals surface area (Å²) in [4.78, 5) is 31.6. The molecule has 0 radical (unpaired) electrons. The molecule has 8 heteroatoms. The van der Waals surface area contributed by atoms with E-state index in [-0.39, 0.29) is 36.3 Å². The Morgan fingerprint density at radius 3 is 2.26 bits per heavy atom. The van der Waals surface area contributed by atoms with Crippen molar-refractivity contribution in [3.05, 3.63) is 28.4 Å². The maximum Gasteiger partial charge on any atom is 0.273 e. The van der Waals surface area contributed by atoms with Crippen LogP contribution in [-0.4, -0.2) is 47.0 Å². The van der Waals surface area contributed by atoms with Gasteiger partial charge in [-0.1, -0.05) is 0 Å². The smallest absolute Gasteiger partial charge is 0.273 e. The largest absolute Gasteiger partial charge is 0.337 e. The molecule has 130 valence electrons. The fourth-order valence-corrected chi connectivity index (χ4v) is 3.51. The molecule has 2 aliphatic heterocycles. The van der Waals surface area contributed by atoms with Gasteiger partial charge in [-0.25, -0.2) is 4.98 Å². The second kappa shape index (κ2) is 9.25. The van der Waals surface area contributed by atoms with E-state index in [0.717, 1.165) is 57.1 Å². The number of amides is 1. The van der Waals surface area contributed by atoms with Crippen molar-refractivity contribution in [2.24, 2.45) is 11.8 Å². The maximum atomic E-state index is 12.3. The van der Waals surface area contributed by atoms with Gasteiger partial charge < -0.3 is 15.2 Å². The van der Waals surface area contributed by atoms with Crippen LogP contribution in [0, 0.1) is 11.8 Å². The van der Waals surface area contributed by atoms with Crippen LogP contribution in [0.1, 0.15) is 36.2 Å². The number of hydrogen-bond donors (Lipinski definition) is 2. The lowest BCUT2D eigenvalue weighted by atomic mass is 9.79. The Hall–Kier alpha value is -1.11. The molecule has 2 fully saturated rings. The fraction of sp³-hybridized carbons (Fsp3) is 0.667. The minimum atomic E-state index is -0.281. The number of carbonyl (C=O) groups is 1. The Morgan fingerprint density at radius 2 is 1.70 bits per heavy atom. The second-order valence-electron chi connectivity index (χ2n) is 6.01. The number of nitrogens with zero attached hydrogens (tertiary/aromatic N) is 2. The minimum Gasteiger partial charge on any atom is -0.337 e. The summed E-state index contributed by atoms with van der Waals surface area (Å²) in [6.07, 6.45) is 7.26. The number of piperidine rings is 2. The number of hydrogen-bond acceptors (Lipinski definition) is 4. The van der Waals surface area contributed by atoms with Gasteiger partial charge in [-0.2, -0.15) is 0 Å². The summed E-state index contributed by atoms with van der Waals surface area (Å²) in [6, 6.07) is 0. The van der Waals surface area contributed by atoms with Gasteiger partial charge in [0.25, 0.3) is 11.5 Å². The van der Waals surface area contributed by atoms with E-state index < -0.39 is 0 Å². The Balaban J connectivity index is 0.00000132. The van der Waals surface area contributed by atoms with Crippen molar-refractivity contribution in [1.29, 1.82) is 0 Å². The number of carbonyl (C=O) groups excluding carboxylic acids is 1. The van der Waals surface area contributed by atoms with Gasteiger partial charge >= 0.3 is 0 Å². The van der Waals surface area contributed by atoms with Crippen molar-refractivity contribution in [3.63, 3.8) is 0 Å². The van der Waals surface area contributed by atoms with Crippen LogP contribution in [0.3, 0.4) is 0 Å². The SMILES string of the molecule is Cl.Cl.O=C(c1c[nH]c(=O)cn1)N1CCC(C2CCNCC2)CC1. The van der Waals surface area contributed by atoms with Crippen LogP contribution in [0.15, 0.2) is 17.2 Å². The number of rotatable bonds is 2. The maximum absolute atomic E-state index is 12.3. The van der Waals surface area contributed by atoms with Crippen LogP contribution in [0.5, 0.6) is 0 Å². The van der Waals surface area contributed by atoms with E-state index in [1.54, 1.807) is 0 Å². The summed E-state index contributed by atoms with van der Waals surface area (Å²) >= 11 is 0. The van der Waals surface area contributed by atoms with Gasteiger partial charge in [0.1, 0.15) is 5.69 Å². The molecule has 3 rings (SSSR count). The molecule has 0 spiro atoms. The van der Waals surface area contributed by atoms with Crippen molar-refractivity contribution in [2.75, 3.05) is 26.2 Å². The van der Waals surface area contributed by atoms with Crippen LogP contribution in [0.2, 0.25) is 0 Å². The molecule has 0 aliphatic carbocycles. The van der Waals surface area contributed by atoms with Crippen molar-refractivity contribution < 1.29 is 4.79 Å². The Bertz CT molecular complexity index is 532. The highest BCUT2D eigenvalue weighted by Crippen LogP contribution is 2.30. The monoisotopic (exact) mass is 362 g/mol. The molecule has 23 heavy (non-hydrogen) atoms. The third-order valence-electron chi connectivity index (χ3n) is 4.77. The zero-order chi connectivity index (χ0) is 14.7. The molecule has 1 aromatic rings. The highest BCUT2D eigenvalue weighted by atomic mass is 35.5. The van der Waals surface area contributed by atoms with Gasteiger partial charge in [0.15, 0.2) is 0 Å². The van der Waals surface area contributed by atoms with Crippen molar-refractivity contribution >= 4 is 30.7 Å². The van der Waals surface area contributed by atoms with Gasteiger partial charge in [0, 0.05) is 19.3 Å². The molecule has 0 atom stereocenters. The average Bonchev–Trinajstić information content (AvgIpc) is 2.56. The molecule has 2 aliphatic rings. The first-order valence-corrected chi connectivity index (χ1v) is 7.79. The van der Waals surface area contributed by atoms with Gasteiger partial charge in [-0.05, 0) is 50.6 Å². The summed E-state index contributed by atoms with van der Waals surface area (Å²) in [5.74, 6) is 1.49. The molecule has 2 saturated heterocycles. The molecule has 6 nitrogen and oxygen atoms in total. The van der Waals surface area contributed by atoms with E-state index in [2.05, 4.69) is 15.3 Å². The fourth-order valence-electron chi connectivity index (χ4n) is 3.51. The summed E-state index contributed by atoms with van der Waals surface area (Å²) in [5.41, 5.74) is 0.0473. The lowest BCUT2D eigenvalue weighted by Gasteiger charge is -2.37. The van der Waals surface area contributed by atoms with Crippen LogP contribution < -0.4 is 10.9 Å². The number of nitrogens with one attached hydrogen (secondary N) is 2. The number of H-pyrrole nitrogens is 1. The lowest BCUT2D eigenvalue weighted by Crippen LogP contribution is -2.42. The average molecular weight is 363 g/mol. The first-order valence-electron chi connectivity index (χ1n) is 7.79. The third kappa shape index (κ3) is 4.93. The molecule has 2 N–H and O–H groups in total. The summed E-state index contributed by atoms with van der Waals surface area (Å²) in [5, 5.41) is 3.41. The highest BCUT2D eigenvalue weighted by molar-refractivity contribution is 5.92. The molecule has 1 aromatic heterocycles. The second-order valence-corrected chi connectivity index (χ2v) is 6.01. The number of aromatic nitrogens is 2. The molecule has 0 unspecified atom stereocenters. The topological polar surface area (TPSA) is 78.1 Å². The first-order chi connectivity index (χ1) is 10.2. The van der Waals surface area contributed by atoms with Crippen molar-refractivity contribution in [3.8, 4) is 0 Å². The quantitative estimate of drug-likeness (QED) is 0.834. The molecular formula is C15H24Cl2N4O2. The van der Waals surface area contributed by atoms with E-state index in [0.29, 0.717) is 5.69 Å². The predicted molar refractivity (Wildman–Crippen MR) is 93.6 cm³/mol. The van der Waals surface area contributed by atoms with Crippen LogP contribution in [-0.2, 0) is 0 Å². The molecule has 3 heterocycles. The zero-order valence-electron chi connectivity index (χ0n) is 13.0. The predicted octanol–water partition coefficient (Wildman–Crippen LogP) is 1.47. The van der Waals surface area contributed by atoms with Gasteiger partial charge in [0.2, 0.25) is 0 Å². The van der Waals surface area contributed by atoms with Crippen LogP contribution in [0.4, 0.5) is 0 Å². The third-order valence-corrected chi connectivity index (χ3v) is 4.77. The molecular weight excluding hydrogens is 339 g/mol. The van der Waals surface area contributed by atoms with Crippen molar-refractivity contribution in [2.45, 2.75) is 25.7 Å². The standard InChI is InChI=1S/C15H22N4O2.2ClH/c20-14-10-17-13(9-18-14)15(21)19-7-3-12(4-8-19)11-1-5-16-6-2-11;;/h9-12,16H,1-8H2,(H,18,20);2*1H. The van der Waals surface area contributed by atoms with E-state index in [9.17, 15) is 9.59 Å². The summed E-state index contributed by atoms with van der Waals surface area (Å²) in [6.45, 7) is 3.86. The zero-order valence-corrected chi connectivity index (χ0v) is 14.6. The Kier molecular flexibility index (Phi) is 8.02. The van der Waals surface area contributed by atoms with E-state index in [1.807, 2.05) is 4.90 Å². The lowest BCUT2D eigenvalue weighted by molar-refractivity contribution is 0.0636. The number of likely N-dealkylation sites (tertiary alicyclic amines) is 1. The van der Waals surface area contributed by atoms with E-state index in [4.69, 9.17) is 0 Å². The normalized spacial score (nSPS) is 19.6. The Morgan fingerprint density at radius 1 is 1.09 bits per heavy atom. The molecule has 0 saturated carbocycles. The minimum absolute atomic E-state index is 0. The van der Waals surface area contributed by atoms with E-state index >= 15 is 0 Å². The summed E-state index contributed by atoms with van der Waals surface area (Å²) < 4.78 is 0. The number of aromatic amines is 1. The van der Waals surface area contributed by atoms with Crippen LogP contribution >= 0.6 is 24.8 Å². The molecule has 0 bridgehead atoms. The number of halogens is 2. The van der Waals surface area contributed by atoms with Crippen molar-refractivity contribution in [1.82, 2.24) is 20.2 Å². The van der Waals surface area contributed by atoms with E-state index in [1.165, 1.54) is 19.0 Å². The summed E-state index contributed by atoms with van der Waals surface area (Å²) in [7, 11) is 0. The Labute approximate surface area is 148 Å². The van der Waals surface area contributed by atoms with Crippen LogP contribution in [0.25, 0.3) is 0 Å². The van der Waals surface area contributed by atoms with Gasteiger partial charge in [-0.15, -0.1) is 24.8 Å².